The molecular weight excluding hydrogens is 431 g/mol. The lowest BCUT2D eigenvalue weighted by atomic mass is 9.85. The highest BCUT2D eigenvalue weighted by molar-refractivity contribution is 5.90. The largest absolute Gasteiger partial charge is 0.362 e. The van der Waals surface area contributed by atoms with E-state index >= 15 is 0 Å². The van der Waals surface area contributed by atoms with Crippen LogP contribution >= 0.6 is 0 Å². The van der Waals surface area contributed by atoms with Gasteiger partial charge in [0, 0.05) is 43.5 Å². The second kappa shape index (κ2) is 9.64. The second-order valence-electron chi connectivity index (χ2n) is 8.51. The Balaban J connectivity index is 1.35. The Kier molecular flexibility index (Phi) is 6.67. The summed E-state index contributed by atoms with van der Waals surface area (Å²) in [5.41, 5.74) is 0.382. The SMILES string of the molecule is CN(C)c1nc(N[C@H]2CC[C@@H](C(=O)NCc3c(F)ccc(F)c3F)CC2)nc2ccccc12. The first-order valence-corrected chi connectivity index (χ1v) is 10.9. The van der Waals surface area contributed by atoms with Crippen LogP contribution < -0.4 is 15.5 Å². The van der Waals surface area contributed by atoms with E-state index in [-0.39, 0.29) is 24.4 Å². The van der Waals surface area contributed by atoms with Crippen molar-refractivity contribution in [2.75, 3.05) is 24.3 Å². The minimum Gasteiger partial charge on any atom is -0.362 e. The summed E-state index contributed by atoms with van der Waals surface area (Å²) in [6.45, 7) is -0.384. The number of hydrogen-bond donors (Lipinski definition) is 2. The summed E-state index contributed by atoms with van der Waals surface area (Å²) in [6, 6.07) is 9.52. The van der Waals surface area contributed by atoms with E-state index in [1.54, 1.807) is 0 Å². The molecule has 0 aliphatic heterocycles. The summed E-state index contributed by atoms with van der Waals surface area (Å²) in [4.78, 5) is 23.7. The van der Waals surface area contributed by atoms with E-state index in [9.17, 15) is 18.0 Å². The van der Waals surface area contributed by atoms with Crippen molar-refractivity contribution >= 4 is 28.6 Å². The second-order valence-corrected chi connectivity index (χ2v) is 8.51. The summed E-state index contributed by atoms with van der Waals surface area (Å²) in [5.74, 6) is -2.47. The number of carbonyl (C=O) groups is 1. The van der Waals surface area contributed by atoms with Gasteiger partial charge >= 0.3 is 0 Å². The number of rotatable bonds is 6. The van der Waals surface area contributed by atoms with Crippen LogP contribution in [0.25, 0.3) is 10.9 Å². The van der Waals surface area contributed by atoms with E-state index in [1.807, 2.05) is 43.3 Å². The molecule has 2 aromatic carbocycles. The molecule has 3 aromatic rings. The van der Waals surface area contributed by atoms with Crippen LogP contribution in [0.4, 0.5) is 24.9 Å². The van der Waals surface area contributed by atoms with Crippen molar-refractivity contribution in [2.45, 2.75) is 38.3 Å². The number of amides is 1. The Labute approximate surface area is 190 Å². The molecule has 1 aliphatic rings. The first-order valence-electron chi connectivity index (χ1n) is 10.9. The summed E-state index contributed by atoms with van der Waals surface area (Å²) in [7, 11) is 3.87. The van der Waals surface area contributed by atoms with Crippen LogP contribution in [0.3, 0.4) is 0 Å². The number of nitrogens with zero attached hydrogens (tertiary/aromatic N) is 3. The third kappa shape index (κ3) is 5.02. The predicted octanol–water partition coefficient (Wildman–Crippen LogP) is 4.40. The van der Waals surface area contributed by atoms with Crippen molar-refractivity contribution in [3.63, 3.8) is 0 Å². The van der Waals surface area contributed by atoms with Crippen LogP contribution in [-0.4, -0.2) is 36.0 Å². The van der Waals surface area contributed by atoms with Crippen LogP contribution in [-0.2, 0) is 11.3 Å². The van der Waals surface area contributed by atoms with Crippen LogP contribution in [0.15, 0.2) is 36.4 Å². The molecule has 0 bridgehead atoms. The number of benzene rings is 2. The normalized spacial score (nSPS) is 18.2. The smallest absolute Gasteiger partial charge is 0.225 e. The molecule has 33 heavy (non-hydrogen) atoms. The van der Waals surface area contributed by atoms with Crippen LogP contribution in [0.1, 0.15) is 31.2 Å². The fraction of sp³-hybridized carbons (Fsp3) is 0.375. The molecule has 0 saturated heterocycles. The molecule has 1 fully saturated rings. The Morgan fingerprint density at radius 1 is 1.00 bits per heavy atom. The van der Waals surface area contributed by atoms with Crippen molar-refractivity contribution in [3.8, 4) is 0 Å². The number of fused-ring (bicyclic) bond motifs is 1. The van der Waals surface area contributed by atoms with Gasteiger partial charge in [0.05, 0.1) is 5.52 Å². The zero-order valence-corrected chi connectivity index (χ0v) is 18.5. The molecule has 1 heterocycles. The molecule has 4 rings (SSSR count). The Hall–Kier alpha value is -3.36. The van der Waals surface area contributed by atoms with Gasteiger partial charge in [-0.15, -0.1) is 0 Å². The van der Waals surface area contributed by atoms with Gasteiger partial charge < -0.3 is 15.5 Å². The van der Waals surface area contributed by atoms with Gasteiger partial charge in [0.15, 0.2) is 11.6 Å². The quantitative estimate of drug-likeness (QED) is 0.537. The number of nitrogens with one attached hydrogen (secondary N) is 2. The summed E-state index contributed by atoms with van der Waals surface area (Å²) in [5, 5.41) is 6.90. The van der Waals surface area contributed by atoms with Crippen molar-refractivity contribution in [2.24, 2.45) is 5.92 Å². The molecule has 0 atom stereocenters. The highest BCUT2D eigenvalue weighted by Crippen LogP contribution is 2.28. The van der Waals surface area contributed by atoms with Gasteiger partial charge in [0.25, 0.3) is 0 Å². The van der Waals surface area contributed by atoms with Crippen molar-refractivity contribution < 1.29 is 18.0 Å². The van der Waals surface area contributed by atoms with Crippen molar-refractivity contribution in [3.05, 3.63) is 59.4 Å². The van der Waals surface area contributed by atoms with Crippen LogP contribution in [0, 0.1) is 23.4 Å². The third-order valence-corrected chi connectivity index (χ3v) is 6.02. The molecule has 1 saturated carbocycles. The maximum Gasteiger partial charge on any atom is 0.225 e. The molecule has 0 radical (unpaired) electrons. The summed E-state index contributed by atoms with van der Waals surface area (Å²) >= 11 is 0. The summed E-state index contributed by atoms with van der Waals surface area (Å²) < 4.78 is 40.9. The maximum atomic E-state index is 13.8. The molecule has 0 unspecified atom stereocenters. The van der Waals surface area contributed by atoms with Gasteiger partial charge in [-0.25, -0.2) is 18.2 Å². The van der Waals surface area contributed by atoms with E-state index in [0.717, 1.165) is 41.7 Å². The minimum atomic E-state index is -1.27. The number of aromatic nitrogens is 2. The monoisotopic (exact) mass is 457 g/mol. The van der Waals surface area contributed by atoms with E-state index in [0.29, 0.717) is 18.8 Å². The van der Waals surface area contributed by atoms with Crippen LogP contribution in [0.2, 0.25) is 0 Å². The molecule has 1 amide bonds. The first kappa shape index (κ1) is 22.8. The maximum absolute atomic E-state index is 13.8. The van der Waals surface area contributed by atoms with Crippen molar-refractivity contribution in [1.82, 2.24) is 15.3 Å². The average Bonchev–Trinajstić information content (AvgIpc) is 2.81. The number of para-hydroxylation sites is 1. The highest BCUT2D eigenvalue weighted by Gasteiger charge is 2.27. The van der Waals surface area contributed by atoms with E-state index < -0.39 is 23.0 Å². The van der Waals surface area contributed by atoms with Gasteiger partial charge in [0.2, 0.25) is 11.9 Å². The first-order chi connectivity index (χ1) is 15.8. The number of halogens is 3. The Bertz CT molecular complexity index is 1160. The molecule has 9 heteroatoms. The standard InChI is InChI=1S/C24H26F3N5O/c1-32(2)22-16-5-3-4-6-20(16)30-24(31-22)29-15-9-7-14(8-10-15)23(33)28-13-17-18(25)11-12-19(26)21(17)27/h3-6,11-12,14-15H,7-10,13H2,1-2H3,(H,28,33)(H,29,30,31)/t14-,15+. The number of hydrogen-bond acceptors (Lipinski definition) is 5. The predicted molar refractivity (Wildman–Crippen MR) is 121 cm³/mol. The molecular formula is C24H26F3N5O. The van der Waals surface area contributed by atoms with Gasteiger partial charge in [-0.05, 0) is 49.9 Å². The molecule has 6 nitrogen and oxygen atoms in total. The molecule has 1 aliphatic carbocycles. The van der Waals surface area contributed by atoms with Gasteiger partial charge in [-0.1, -0.05) is 12.1 Å². The van der Waals surface area contributed by atoms with Gasteiger partial charge in [-0.3, -0.25) is 4.79 Å². The van der Waals surface area contributed by atoms with E-state index in [2.05, 4.69) is 20.6 Å². The topological polar surface area (TPSA) is 70.2 Å². The third-order valence-electron chi connectivity index (χ3n) is 6.02. The van der Waals surface area contributed by atoms with Gasteiger partial charge in [-0.2, -0.15) is 4.98 Å². The van der Waals surface area contributed by atoms with Crippen molar-refractivity contribution in [1.29, 1.82) is 0 Å². The molecule has 1 aromatic heterocycles. The average molecular weight is 458 g/mol. The fourth-order valence-corrected chi connectivity index (χ4v) is 4.20. The zero-order valence-electron chi connectivity index (χ0n) is 18.5. The fourth-order valence-electron chi connectivity index (χ4n) is 4.20. The lowest BCUT2D eigenvalue weighted by Gasteiger charge is -2.28. The molecule has 0 spiro atoms. The highest BCUT2D eigenvalue weighted by atomic mass is 19.2. The minimum absolute atomic E-state index is 0.114. The van der Waals surface area contributed by atoms with Crippen LogP contribution in [0.5, 0.6) is 0 Å². The number of carbonyl (C=O) groups excluding carboxylic acids is 1. The summed E-state index contributed by atoms with van der Waals surface area (Å²) in [6.07, 6.45) is 2.69. The Morgan fingerprint density at radius 3 is 2.42 bits per heavy atom. The van der Waals surface area contributed by atoms with E-state index in [1.165, 1.54) is 0 Å². The van der Waals surface area contributed by atoms with Gasteiger partial charge in [0.1, 0.15) is 11.6 Å². The number of anilines is 2. The van der Waals surface area contributed by atoms with E-state index in [4.69, 9.17) is 0 Å². The molecule has 2 N–H and O–H groups in total. The zero-order chi connectivity index (χ0) is 23.5. The lowest BCUT2D eigenvalue weighted by Crippen LogP contribution is -2.36. The lowest BCUT2D eigenvalue weighted by molar-refractivity contribution is -0.126. The molecule has 174 valence electrons. The Morgan fingerprint density at radius 2 is 1.70 bits per heavy atom.